The molecule has 0 aliphatic rings. The summed E-state index contributed by atoms with van der Waals surface area (Å²) >= 11 is 0. The molecule has 0 atom stereocenters. The van der Waals surface area contributed by atoms with E-state index in [1.807, 2.05) is 6.92 Å². The zero-order chi connectivity index (χ0) is 16.2. The molecule has 0 bridgehead atoms. The van der Waals surface area contributed by atoms with Crippen LogP contribution in [0.25, 0.3) is 11.5 Å². The summed E-state index contributed by atoms with van der Waals surface area (Å²) < 4.78 is 35.4. The van der Waals surface area contributed by atoms with Gasteiger partial charge in [-0.15, -0.1) is 10.2 Å². The van der Waals surface area contributed by atoms with Crippen molar-refractivity contribution in [2.24, 2.45) is 0 Å². The Bertz CT molecular complexity index is 790. The molecule has 0 spiro atoms. The number of nitrogens with zero attached hydrogens (tertiary/aromatic N) is 4. The van der Waals surface area contributed by atoms with Crippen molar-refractivity contribution < 1.29 is 17.9 Å². The van der Waals surface area contributed by atoms with Crippen LogP contribution in [-0.4, -0.2) is 20.2 Å². The van der Waals surface area contributed by atoms with E-state index in [0.29, 0.717) is 11.3 Å². The maximum Gasteiger partial charge on any atom is 0.314 e. The molecule has 3 heterocycles. The van der Waals surface area contributed by atoms with E-state index in [-0.39, 0.29) is 12.5 Å². The number of aryl methyl sites for hydroxylation is 1. The van der Waals surface area contributed by atoms with Gasteiger partial charge in [-0.3, -0.25) is 9.97 Å². The quantitative estimate of drug-likeness (QED) is 0.718. The van der Waals surface area contributed by atoms with Crippen LogP contribution >= 0.6 is 0 Å². The van der Waals surface area contributed by atoms with Gasteiger partial charge in [-0.25, -0.2) is 0 Å². The number of pyridine rings is 2. The van der Waals surface area contributed by atoms with Gasteiger partial charge in [-0.1, -0.05) is 0 Å². The Balaban J connectivity index is 1.68. The van der Waals surface area contributed by atoms with Crippen molar-refractivity contribution in [2.75, 3.05) is 0 Å². The van der Waals surface area contributed by atoms with Crippen molar-refractivity contribution in [1.82, 2.24) is 20.2 Å². The Morgan fingerprint density at radius 2 is 2.04 bits per heavy atom. The smallest absolute Gasteiger partial charge is 0.314 e. The highest BCUT2D eigenvalue weighted by Gasteiger charge is 2.17. The first-order valence-electron chi connectivity index (χ1n) is 6.74. The Morgan fingerprint density at radius 1 is 1.17 bits per heavy atom. The van der Waals surface area contributed by atoms with E-state index in [9.17, 15) is 8.78 Å². The second-order valence-electron chi connectivity index (χ2n) is 4.71. The van der Waals surface area contributed by atoms with Crippen LogP contribution < -0.4 is 4.74 Å². The molecule has 0 aliphatic carbocycles. The molecule has 0 saturated heterocycles. The third-order valence-electron chi connectivity index (χ3n) is 3.04. The first kappa shape index (κ1) is 15.0. The predicted octanol–water partition coefficient (Wildman–Crippen LogP) is 3.35. The first-order valence-corrected chi connectivity index (χ1v) is 6.74. The number of ether oxygens (including phenoxy) is 1. The van der Waals surface area contributed by atoms with E-state index in [4.69, 9.17) is 9.15 Å². The molecular weight excluding hydrogens is 306 g/mol. The molecule has 0 N–H and O–H groups in total. The highest BCUT2D eigenvalue weighted by atomic mass is 19.3. The zero-order valence-corrected chi connectivity index (χ0v) is 12.1. The van der Waals surface area contributed by atoms with Gasteiger partial charge < -0.3 is 9.15 Å². The summed E-state index contributed by atoms with van der Waals surface area (Å²) in [5, 5.41) is 6.84. The number of halogens is 2. The normalized spacial score (nSPS) is 11.0. The summed E-state index contributed by atoms with van der Waals surface area (Å²) in [7, 11) is 0. The molecule has 8 heteroatoms. The van der Waals surface area contributed by atoms with Crippen LogP contribution in [0.1, 0.15) is 23.6 Å². The molecule has 3 rings (SSSR count). The molecule has 3 aromatic heterocycles. The highest BCUT2D eigenvalue weighted by Crippen LogP contribution is 2.23. The number of alkyl halides is 2. The third kappa shape index (κ3) is 3.47. The van der Waals surface area contributed by atoms with Crippen molar-refractivity contribution >= 4 is 0 Å². The van der Waals surface area contributed by atoms with Crippen LogP contribution in [0, 0.1) is 6.92 Å². The Labute approximate surface area is 130 Å². The molecule has 118 valence electrons. The molecule has 23 heavy (non-hydrogen) atoms. The van der Waals surface area contributed by atoms with E-state index >= 15 is 0 Å². The van der Waals surface area contributed by atoms with Crippen LogP contribution in [0.3, 0.4) is 0 Å². The van der Waals surface area contributed by atoms with Gasteiger partial charge in [-0.05, 0) is 25.1 Å². The van der Waals surface area contributed by atoms with Crippen LogP contribution in [0.2, 0.25) is 0 Å². The molecule has 0 aromatic carbocycles. The fourth-order valence-electron chi connectivity index (χ4n) is 1.85. The lowest BCUT2D eigenvalue weighted by molar-refractivity contribution is 0.116. The van der Waals surface area contributed by atoms with E-state index in [0.717, 1.165) is 11.3 Å². The fraction of sp³-hybridized carbons (Fsp3) is 0.200. The summed E-state index contributed by atoms with van der Waals surface area (Å²) in [4.78, 5) is 8.19. The van der Waals surface area contributed by atoms with Crippen LogP contribution in [0.5, 0.6) is 5.75 Å². The largest absolute Gasteiger partial charge is 0.487 e. The van der Waals surface area contributed by atoms with E-state index in [1.165, 1.54) is 6.20 Å². The fourth-order valence-corrected chi connectivity index (χ4v) is 1.85. The van der Waals surface area contributed by atoms with E-state index in [2.05, 4.69) is 20.2 Å². The van der Waals surface area contributed by atoms with Gasteiger partial charge in [0.05, 0.1) is 11.3 Å². The predicted molar refractivity (Wildman–Crippen MR) is 75.8 cm³/mol. The first-order chi connectivity index (χ1) is 11.1. The minimum atomic E-state index is -2.79. The average Bonchev–Trinajstić information content (AvgIpc) is 3.05. The molecular formula is C15H12F2N4O2. The molecule has 0 fully saturated rings. The molecule has 3 aromatic rings. The summed E-state index contributed by atoms with van der Waals surface area (Å²) in [5.41, 5.74) is 2.07. The highest BCUT2D eigenvalue weighted by molar-refractivity contribution is 5.50. The second kappa shape index (κ2) is 6.47. The standard InChI is InChI=1S/C15H12F2N4O2/c1-9-6-18-5-4-12(9)22-8-11-3-2-10(7-19-11)14-20-21-15(23-14)13(16)17/h2-7,13H,8H2,1H3. The van der Waals surface area contributed by atoms with Gasteiger partial charge in [0.2, 0.25) is 5.89 Å². The lowest BCUT2D eigenvalue weighted by atomic mass is 10.2. The number of aromatic nitrogens is 4. The lowest BCUT2D eigenvalue weighted by Gasteiger charge is -2.07. The number of hydrogen-bond donors (Lipinski definition) is 0. The number of rotatable bonds is 5. The summed E-state index contributed by atoms with van der Waals surface area (Å²) in [6, 6.07) is 5.14. The summed E-state index contributed by atoms with van der Waals surface area (Å²) in [6.07, 6.45) is 2.04. The molecule has 6 nitrogen and oxygen atoms in total. The van der Waals surface area contributed by atoms with E-state index < -0.39 is 12.3 Å². The van der Waals surface area contributed by atoms with Gasteiger partial charge in [0.25, 0.3) is 5.89 Å². The van der Waals surface area contributed by atoms with Crippen molar-refractivity contribution in [1.29, 1.82) is 0 Å². The minimum absolute atomic E-state index is 0.00486. The topological polar surface area (TPSA) is 73.9 Å². The Hall–Kier alpha value is -2.90. The molecule has 0 saturated carbocycles. The van der Waals surface area contributed by atoms with Crippen LogP contribution in [0.15, 0.2) is 41.2 Å². The Kier molecular flexibility index (Phi) is 4.22. The minimum Gasteiger partial charge on any atom is -0.487 e. The average molecular weight is 318 g/mol. The van der Waals surface area contributed by atoms with Gasteiger partial charge in [0.1, 0.15) is 12.4 Å². The molecule has 0 amide bonds. The van der Waals surface area contributed by atoms with Gasteiger partial charge in [0, 0.05) is 24.2 Å². The lowest BCUT2D eigenvalue weighted by Crippen LogP contribution is -1.99. The second-order valence-corrected chi connectivity index (χ2v) is 4.71. The van der Waals surface area contributed by atoms with Crippen molar-refractivity contribution in [3.63, 3.8) is 0 Å². The van der Waals surface area contributed by atoms with Gasteiger partial charge in [-0.2, -0.15) is 8.78 Å². The van der Waals surface area contributed by atoms with E-state index in [1.54, 1.807) is 30.6 Å². The van der Waals surface area contributed by atoms with Crippen molar-refractivity contribution in [2.45, 2.75) is 20.0 Å². The molecule has 0 aliphatic heterocycles. The maximum atomic E-state index is 12.4. The maximum absolute atomic E-state index is 12.4. The van der Waals surface area contributed by atoms with Crippen LogP contribution in [-0.2, 0) is 6.61 Å². The third-order valence-corrected chi connectivity index (χ3v) is 3.04. The zero-order valence-electron chi connectivity index (χ0n) is 12.1. The summed E-state index contributed by atoms with van der Waals surface area (Å²) in [6.45, 7) is 2.17. The SMILES string of the molecule is Cc1cnccc1OCc1ccc(-c2nnc(C(F)F)o2)cn1. The van der Waals surface area contributed by atoms with Crippen molar-refractivity contribution in [3.05, 3.63) is 53.9 Å². The monoisotopic (exact) mass is 318 g/mol. The van der Waals surface area contributed by atoms with Gasteiger partial charge >= 0.3 is 6.43 Å². The molecule has 0 unspecified atom stereocenters. The molecule has 0 radical (unpaired) electrons. The van der Waals surface area contributed by atoms with Crippen molar-refractivity contribution in [3.8, 4) is 17.2 Å². The van der Waals surface area contributed by atoms with Crippen LogP contribution in [0.4, 0.5) is 8.78 Å². The van der Waals surface area contributed by atoms with Gasteiger partial charge in [0.15, 0.2) is 0 Å². The number of hydrogen-bond acceptors (Lipinski definition) is 6. The summed E-state index contributed by atoms with van der Waals surface area (Å²) in [5.74, 6) is 0.0233. The Morgan fingerprint density at radius 3 is 2.70 bits per heavy atom.